The third-order valence-corrected chi connectivity index (χ3v) is 5.58. The second kappa shape index (κ2) is 8.52. The van der Waals surface area contributed by atoms with Gasteiger partial charge in [-0.1, -0.05) is 24.3 Å². The molecule has 0 radical (unpaired) electrons. The maximum atomic E-state index is 12.9. The zero-order chi connectivity index (χ0) is 20.1. The van der Waals surface area contributed by atoms with Crippen LogP contribution >= 0.6 is 0 Å². The molecule has 0 aromatic heterocycles. The number of nitrogens with one attached hydrogen (secondary N) is 1. The van der Waals surface area contributed by atoms with E-state index in [-0.39, 0.29) is 23.6 Å². The van der Waals surface area contributed by atoms with Gasteiger partial charge in [0.05, 0.1) is 18.6 Å². The molecule has 8 heteroatoms. The Bertz CT molecular complexity index is 941. The third kappa shape index (κ3) is 5.16. The van der Waals surface area contributed by atoms with E-state index in [9.17, 15) is 13.2 Å². The Morgan fingerprint density at radius 1 is 1.18 bits per heavy atom. The molecule has 1 saturated carbocycles. The molecule has 1 N–H and O–H groups in total. The molecule has 1 aliphatic rings. The van der Waals surface area contributed by atoms with Crippen molar-refractivity contribution >= 4 is 21.8 Å². The van der Waals surface area contributed by atoms with Crippen molar-refractivity contribution in [3.05, 3.63) is 54.1 Å². The van der Waals surface area contributed by atoms with Crippen molar-refractivity contribution in [1.29, 1.82) is 0 Å². The molecule has 28 heavy (non-hydrogen) atoms. The summed E-state index contributed by atoms with van der Waals surface area (Å²) in [6.07, 6.45) is 1.89. The Balaban J connectivity index is 1.74. The first-order valence-electron chi connectivity index (χ1n) is 9.13. The summed E-state index contributed by atoms with van der Waals surface area (Å²) in [6.45, 7) is 1.88. The van der Waals surface area contributed by atoms with Gasteiger partial charge >= 0.3 is 16.1 Å². The standard InChI is InChI=1S/C20H24N2O5S/c1-3-28(24,25)27-17-8-6-7-15(13-17)14-22(16-11-12-16)20(23)21-18-9-4-5-10-19(18)26-2/h4-10,13,16H,3,11-12,14H2,1-2H3,(H,21,23). The number of urea groups is 1. The maximum Gasteiger partial charge on any atom is 0.322 e. The molecular weight excluding hydrogens is 380 g/mol. The molecule has 0 aliphatic heterocycles. The van der Waals surface area contributed by atoms with Crippen LogP contribution in [0.2, 0.25) is 0 Å². The highest BCUT2D eigenvalue weighted by Gasteiger charge is 2.33. The first-order chi connectivity index (χ1) is 13.4. The van der Waals surface area contributed by atoms with Crippen LogP contribution in [0.25, 0.3) is 0 Å². The summed E-state index contributed by atoms with van der Waals surface area (Å²) in [5.74, 6) is 0.735. The molecule has 7 nitrogen and oxygen atoms in total. The zero-order valence-corrected chi connectivity index (χ0v) is 16.7. The lowest BCUT2D eigenvalue weighted by Gasteiger charge is -2.23. The van der Waals surface area contributed by atoms with Gasteiger partial charge in [0.25, 0.3) is 0 Å². The highest BCUT2D eigenvalue weighted by Crippen LogP contribution is 2.31. The lowest BCUT2D eigenvalue weighted by atomic mass is 10.2. The number of amides is 2. The summed E-state index contributed by atoms with van der Waals surface area (Å²) in [6, 6.07) is 14.0. The summed E-state index contributed by atoms with van der Waals surface area (Å²) < 4.78 is 33.7. The van der Waals surface area contributed by atoms with Crippen LogP contribution in [0.4, 0.5) is 10.5 Å². The van der Waals surface area contributed by atoms with Gasteiger partial charge in [-0.2, -0.15) is 8.42 Å². The number of carbonyl (C=O) groups is 1. The van der Waals surface area contributed by atoms with Gasteiger partial charge in [0.2, 0.25) is 0 Å². The van der Waals surface area contributed by atoms with Crippen LogP contribution in [0.5, 0.6) is 11.5 Å². The lowest BCUT2D eigenvalue weighted by Crippen LogP contribution is -2.36. The van der Waals surface area contributed by atoms with Crippen LogP contribution in [0.3, 0.4) is 0 Å². The molecule has 2 aromatic carbocycles. The van der Waals surface area contributed by atoms with Crippen LogP contribution < -0.4 is 14.2 Å². The Hall–Kier alpha value is -2.74. The molecule has 2 aromatic rings. The summed E-state index contributed by atoms with van der Waals surface area (Å²) in [5, 5.41) is 2.90. The minimum Gasteiger partial charge on any atom is -0.495 e. The Morgan fingerprint density at radius 3 is 2.61 bits per heavy atom. The number of nitrogens with zero attached hydrogens (tertiary/aromatic N) is 1. The van der Waals surface area contributed by atoms with E-state index in [4.69, 9.17) is 8.92 Å². The number of carbonyl (C=O) groups excluding carboxylic acids is 1. The molecular formula is C20H24N2O5S. The van der Waals surface area contributed by atoms with Crippen molar-refractivity contribution < 1.29 is 22.1 Å². The quantitative estimate of drug-likeness (QED) is 0.679. The van der Waals surface area contributed by atoms with Crippen molar-refractivity contribution in [1.82, 2.24) is 4.90 Å². The van der Waals surface area contributed by atoms with Crippen molar-refractivity contribution in [2.45, 2.75) is 32.4 Å². The molecule has 1 fully saturated rings. The molecule has 150 valence electrons. The first-order valence-corrected chi connectivity index (χ1v) is 10.7. The summed E-state index contributed by atoms with van der Waals surface area (Å²) in [4.78, 5) is 14.6. The molecule has 0 bridgehead atoms. The fraction of sp³-hybridized carbons (Fsp3) is 0.350. The minimum atomic E-state index is -3.59. The molecule has 0 unspecified atom stereocenters. The lowest BCUT2D eigenvalue weighted by molar-refractivity contribution is 0.206. The fourth-order valence-electron chi connectivity index (χ4n) is 2.79. The highest BCUT2D eigenvalue weighted by atomic mass is 32.2. The third-order valence-electron chi connectivity index (χ3n) is 4.43. The van der Waals surface area contributed by atoms with Gasteiger partial charge in [-0.25, -0.2) is 4.79 Å². The Kier molecular flexibility index (Phi) is 6.08. The summed E-state index contributed by atoms with van der Waals surface area (Å²) >= 11 is 0. The number of hydrogen-bond donors (Lipinski definition) is 1. The monoisotopic (exact) mass is 404 g/mol. The average Bonchev–Trinajstić information content (AvgIpc) is 3.51. The van der Waals surface area contributed by atoms with Crippen LogP contribution in [0.1, 0.15) is 25.3 Å². The van der Waals surface area contributed by atoms with E-state index in [1.807, 2.05) is 18.2 Å². The normalized spacial score (nSPS) is 13.6. The van der Waals surface area contributed by atoms with Crippen molar-refractivity contribution in [3.8, 4) is 11.5 Å². The first kappa shape index (κ1) is 20.0. The number of rotatable bonds is 8. The van der Waals surface area contributed by atoms with Gasteiger partial charge < -0.3 is 19.1 Å². The number of ether oxygens (including phenoxy) is 1. The molecule has 0 saturated heterocycles. The predicted molar refractivity (Wildman–Crippen MR) is 107 cm³/mol. The second-order valence-electron chi connectivity index (χ2n) is 6.57. The van der Waals surface area contributed by atoms with Crippen LogP contribution in [0.15, 0.2) is 48.5 Å². The van der Waals surface area contributed by atoms with Crippen molar-refractivity contribution in [2.75, 3.05) is 18.2 Å². The van der Waals surface area contributed by atoms with Crippen LogP contribution in [-0.4, -0.2) is 38.3 Å². The average molecular weight is 404 g/mol. The van der Waals surface area contributed by atoms with Crippen LogP contribution in [0, 0.1) is 0 Å². The smallest absolute Gasteiger partial charge is 0.322 e. The van der Waals surface area contributed by atoms with Gasteiger partial charge in [0.15, 0.2) is 0 Å². The largest absolute Gasteiger partial charge is 0.495 e. The van der Waals surface area contributed by atoms with E-state index < -0.39 is 10.1 Å². The van der Waals surface area contributed by atoms with E-state index in [0.29, 0.717) is 18.0 Å². The van der Waals surface area contributed by atoms with E-state index in [0.717, 1.165) is 18.4 Å². The number of hydrogen-bond acceptors (Lipinski definition) is 5. The summed E-state index contributed by atoms with van der Waals surface area (Å²) in [7, 11) is -2.04. The van der Waals surface area contributed by atoms with Gasteiger partial charge in [-0.15, -0.1) is 0 Å². The molecule has 0 spiro atoms. The SMILES string of the molecule is CCS(=O)(=O)Oc1cccc(CN(C(=O)Nc2ccccc2OC)C2CC2)c1. The van der Waals surface area contributed by atoms with Gasteiger partial charge in [0.1, 0.15) is 11.5 Å². The number of benzene rings is 2. The van der Waals surface area contributed by atoms with Gasteiger partial charge in [0, 0.05) is 12.6 Å². The van der Waals surface area contributed by atoms with Crippen molar-refractivity contribution in [2.24, 2.45) is 0 Å². The van der Waals surface area contributed by atoms with Gasteiger partial charge in [-0.3, -0.25) is 0 Å². The highest BCUT2D eigenvalue weighted by molar-refractivity contribution is 7.87. The van der Waals surface area contributed by atoms with E-state index in [1.165, 1.54) is 6.92 Å². The van der Waals surface area contributed by atoms with Gasteiger partial charge in [-0.05, 0) is 49.6 Å². The van der Waals surface area contributed by atoms with E-state index >= 15 is 0 Å². The van der Waals surface area contributed by atoms with Crippen LogP contribution in [-0.2, 0) is 16.7 Å². The topological polar surface area (TPSA) is 84.9 Å². The number of methoxy groups -OCH3 is 1. The molecule has 0 atom stereocenters. The molecule has 0 heterocycles. The Labute approximate surface area is 165 Å². The minimum absolute atomic E-state index is 0.104. The molecule has 3 rings (SSSR count). The molecule has 1 aliphatic carbocycles. The summed E-state index contributed by atoms with van der Waals surface area (Å²) in [5.41, 5.74) is 1.40. The second-order valence-corrected chi connectivity index (χ2v) is 8.43. The van der Waals surface area contributed by atoms with E-state index in [2.05, 4.69) is 5.32 Å². The molecule has 2 amide bonds. The number of anilines is 1. The zero-order valence-electron chi connectivity index (χ0n) is 15.9. The Morgan fingerprint density at radius 2 is 1.93 bits per heavy atom. The van der Waals surface area contributed by atoms with Crippen molar-refractivity contribution in [3.63, 3.8) is 0 Å². The fourth-order valence-corrected chi connectivity index (χ4v) is 3.30. The van der Waals surface area contributed by atoms with E-state index in [1.54, 1.807) is 42.3 Å². The maximum absolute atomic E-state index is 12.9. The predicted octanol–water partition coefficient (Wildman–Crippen LogP) is 3.62. The number of para-hydroxylation sites is 2.